The second-order valence-electron chi connectivity index (χ2n) is 13.2. The van der Waals surface area contributed by atoms with Crippen molar-refractivity contribution < 1.29 is 24.1 Å². The van der Waals surface area contributed by atoms with Crippen molar-refractivity contribution >= 4 is 23.5 Å². The lowest BCUT2D eigenvalue weighted by Crippen LogP contribution is -2.18. The summed E-state index contributed by atoms with van der Waals surface area (Å²) in [6.07, 6.45) is 7.00. The molecule has 0 saturated carbocycles. The number of aromatic hydroxyl groups is 1. The molecule has 0 aliphatic carbocycles. The minimum atomic E-state index is 0. The Balaban J connectivity index is 0.000000224. The maximum absolute atomic E-state index is 11.4. The number of phenols is 1. The molecule has 2 aliphatic rings. The Kier molecular flexibility index (Phi) is 13.6. The van der Waals surface area contributed by atoms with Crippen LogP contribution in [-0.4, -0.2) is 82.4 Å². The van der Waals surface area contributed by atoms with E-state index in [0.29, 0.717) is 61.1 Å². The first-order valence-electron chi connectivity index (χ1n) is 17.1. The zero-order chi connectivity index (χ0) is 35.8. The average molecular weight is 696 g/mol. The summed E-state index contributed by atoms with van der Waals surface area (Å²) in [6.45, 7) is 18.0. The quantitative estimate of drug-likeness (QED) is 0.149. The minimum absolute atomic E-state index is 0. The summed E-state index contributed by atoms with van der Waals surface area (Å²) in [5.74, 6) is 1.43. The third kappa shape index (κ3) is 9.06. The minimum Gasteiger partial charge on any atom is -0.507 e. The van der Waals surface area contributed by atoms with Crippen LogP contribution in [0.2, 0.25) is 0 Å². The molecular weight excluding hydrogens is 642 g/mol. The molecule has 6 rings (SSSR count). The van der Waals surface area contributed by atoms with Crippen molar-refractivity contribution in [2.45, 2.75) is 60.5 Å². The van der Waals surface area contributed by atoms with E-state index >= 15 is 0 Å². The molecule has 0 unspecified atom stereocenters. The molecule has 0 spiro atoms. The van der Waals surface area contributed by atoms with Crippen LogP contribution in [0.5, 0.6) is 17.2 Å². The van der Waals surface area contributed by atoms with Gasteiger partial charge in [0.1, 0.15) is 30.5 Å². The van der Waals surface area contributed by atoms with Crippen LogP contribution in [0, 0.1) is 6.92 Å². The van der Waals surface area contributed by atoms with Gasteiger partial charge in [-0.2, -0.15) is 10.2 Å². The van der Waals surface area contributed by atoms with Gasteiger partial charge >= 0.3 is 0 Å². The fourth-order valence-electron chi connectivity index (χ4n) is 6.38. The number of aryl methyl sites for hydroxylation is 1. The van der Waals surface area contributed by atoms with Crippen LogP contribution in [0.4, 0.5) is 0 Å². The molecule has 0 amide bonds. The molecule has 10 heteroatoms. The lowest BCUT2D eigenvalue weighted by Gasteiger charge is -2.23. The molecule has 0 atom stereocenters. The van der Waals surface area contributed by atoms with Crippen molar-refractivity contribution in [1.82, 2.24) is 24.5 Å². The van der Waals surface area contributed by atoms with Crippen molar-refractivity contribution in [2.24, 2.45) is 0 Å². The summed E-state index contributed by atoms with van der Waals surface area (Å²) in [5, 5.41) is 18.8. The van der Waals surface area contributed by atoms with Gasteiger partial charge in [-0.3, -0.25) is 19.1 Å². The fourth-order valence-corrected chi connectivity index (χ4v) is 6.38. The highest BCUT2D eigenvalue weighted by Crippen LogP contribution is 2.32. The number of hydrogen-bond donors (Lipinski definition) is 1. The number of ether oxygens (including phenoxy) is 3. The molecule has 10 nitrogen and oxygen atoms in total. The van der Waals surface area contributed by atoms with Crippen molar-refractivity contribution in [2.75, 3.05) is 46.6 Å². The monoisotopic (exact) mass is 695 g/mol. The molecule has 0 fully saturated rings. The number of carbonyl (C=O) groups is 1. The highest BCUT2D eigenvalue weighted by molar-refractivity contribution is 5.81. The van der Waals surface area contributed by atoms with E-state index in [1.54, 1.807) is 18.2 Å². The summed E-state index contributed by atoms with van der Waals surface area (Å²) in [4.78, 5) is 13.6. The summed E-state index contributed by atoms with van der Waals surface area (Å²) >= 11 is 0. The van der Waals surface area contributed by atoms with Crippen LogP contribution in [0.1, 0.15) is 86.5 Å². The number of aromatic nitrogens is 4. The smallest absolute Gasteiger partial charge is 0.154 e. The Bertz CT molecular complexity index is 1870. The molecule has 0 bridgehead atoms. The van der Waals surface area contributed by atoms with Crippen molar-refractivity contribution in [3.63, 3.8) is 0 Å². The highest BCUT2D eigenvalue weighted by Gasteiger charge is 2.24. The van der Waals surface area contributed by atoms with Crippen LogP contribution < -0.4 is 9.47 Å². The number of carbonyl (C=O) groups excluding carboxylic acids is 1. The number of aldehydes is 1. The summed E-state index contributed by atoms with van der Waals surface area (Å²) in [5.41, 5.74) is 9.29. The summed E-state index contributed by atoms with van der Waals surface area (Å²) in [7, 11) is 2.10. The van der Waals surface area contributed by atoms with Gasteiger partial charge in [-0.1, -0.05) is 38.3 Å². The summed E-state index contributed by atoms with van der Waals surface area (Å²) < 4.78 is 21.7. The zero-order valence-electron chi connectivity index (χ0n) is 30.1. The van der Waals surface area contributed by atoms with E-state index in [4.69, 9.17) is 14.2 Å². The summed E-state index contributed by atoms with van der Waals surface area (Å²) in [6, 6.07) is 15.6. The van der Waals surface area contributed by atoms with E-state index in [-0.39, 0.29) is 13.2 Å². The first-order chi connectivity index (χ1) is 24.1. The molecular formula is C41H53N5O5. The number of phenolic OH excluding ortho intramolecular Hbond substituents is 1. The number of rotatable bonds is 12. The number of benzene rings is 2. The van der Waals surface area contributed by atoms with Gasteiger partial charge in [0.15, 0.2) is 6.29 Å². The molecule has 1 N–H and O–H groups in total. The van der Waals surface area contributed by atoms with Crippen LogP contribution in [0.3, 0.4) is 0 Å². The Morgan fingerprint density at radius 2 is 1.45 bits per heavy atom. The Labute approximate surface area is 302 Å². The molecule has 4 heterocycles. The van der Waals surface area contributed by atoms with Gasteiger partial charge in [0, 0.05) is 37.6 Å². The SMILES string of the molecule is C.C=Cc1c(O)cccc1OCC1=C(c2ccnn2C(C)C)CCOC1.Cc1cccc(OCC2=C(c3ccnn3C(C)C)CN(C)C2)c1C=O. The Morgan fingerprint density at radius 3 is 2.06 bits per heavy atom. The largest absolute Gasteiger partial charge is 0.507 e. The van der Waals surface area contributed by atoms with E-state index in [0.717, 1.165) is 48.3 Å². The predicted molar refractivity (Wildman–Crippen MR) is 204 cm³/mol. The van der Waals surface area contributed by atoms with Crippen LogP contribution in [0.15, 0.2) is 78.6 Å². The molecule has 2 aromatic carbocycles. The van der Waals surface area contributed by atoms with E-state index in [1.165, 1.54) is 16.7 Å². The predicted octanol–water partition coefficient (Wildman–Crippen LogP) is 8.06. The van der Waals surface area contributed by atoms with Crippen molar-refractivity contribution in [3.8, 4) is 17.2 Å². The lowest BCUT2D eigenvalue weighted by molar-refractivity contribution is 0.111. The van der Waals surface area contributed by atoms with Gasteiger partial charge in [0.05, 0.1) is 35.7 Å². The third-order valence-electron chi connectivity index (χ3n) is 8.91. The van der Waals surface area contributed by atoms with E-state index in [1.807, 2.05) is 54.3 Å². The van der Waals surface area contributed by atoms with E-state index in [2.05, 4.69) is 67.2 Å². The maximum atomic E-state index is 11.4. The molecule has 0 saturated heterocycles. The van der Waals surface area contributed by atoms with Crippen molar-refractivity contribution in [3.05, 3.63) is 107 Å². The van der Waals surface area contributed by atoms with Gasteiger partial charge in [-0.05, 0) is 106 Å². The first-order valence-corrected chi connectivity index (χ1v) is 17.1. The second kappa shape index (κ2) is 17.8. The van der Waals surface area contributed by atoms with Crippen LogP contribution >= 0.6 is 0 Å². The van der Waals surface area contributed by atoms with Gasteiger partial charge in [-0.15, -0.1) is 0 Å². The molecule has 51 heavy (non-hydrogen) atoms. The van der Waals surface area contributed by atoms with Crippen LogP contribution in [0.25, 0.3) is 17.2 Å². The van der Waals surface area contributed by atoms with Gasteiger partial charge in [0.2, 0.25) is 0 Å². The number of hydrogen-bond acceptors (Lipinski definition) is 8. The van der Waals surface area contributed by atoms with Crippen molar-refractivity contribution in [1.29, 1.82) is 0 Å². The standard InChI is InChI=1S/C20H25N3O2.C20H24N2O3.CH4/c1-14(2)23-19(8-9-21-23)17-11-22(4)10-16(17)13-25-20-7-5-6-15(3)18(20)12-24;1-4-16-19(23)6-5-7-20(16)25-13-15-12-24-11-9-17(15)18-8-10-21-22(18)14(2)3;/h5-9,12,14H,10-11,13H2,1-4H3;4-8,10,14,23H,1,9,11-13H2,2-3H3;1H4. The number of likely N-dealkylation sites (N-methyl/N-ethyl adjacent to an activating group) is 1. The molecule has 272 valence electrons. The second-order valence-corrected chi connectivity index (χ2v) is 13.2. The maximum Gasteiger partial charge on any atom is 0.154 e. The molecule has 4 aromatic rings. The first kappa shape index (κ1) is 38.9. The lowest BCUT2D eigenvalue weighted by atomic mass is 10.0. The fraction of sp³-hybridized carbons (Fsp3) is 0.390. The zero-order valence-corrected chi connectivity index (χ0v) is 30.1. The average Bonchev–Trinajstić information content (AvgIpc) is 3.87. The van der Waals surface area contributed by atoms with E-state index < -0.39 is 0 Å². The Hall–Kier alpha value is -4.93. The Morgan fingerprint density at radius 1 is 0.863 bits per heavy atom. The van der Waals surface area contributed by atoms with Gasteiger partial charge in [-0.25, -0.2) is 0 Å². The van der Waals surface area contributed by atoms with Gasteiger partial charge < -0.3 is 19.3 Å². The number of nitrogens with zero attached hydrogens (tertiary/aromatic N) is 5. The molecule has 2 aromatic heterocycles. The normalized spacial score (nSPS) is 14.7. The van der Waals surface area contributed by atoms with Gasteiger partial charge in [0.25, 0.3) is 0 Å². The third-order valence-corrected chi connectivity index (χ3v) is 8.91. The highest BCUT2D eigenvalue weighted by atomic mass is 16.5. The molecule has 0 radical (unpaired) electrons. The topological polar surface area (TPSA) is 104 Å². The molecule has 2 aliphatic heterocycles. The van der Waals surface area contributed by atoms with Crippen LogP contribution in [-0.2, 0) is 4.74 Å². The van der Waals surface area contributed by atoms with E-state index in [9.17, 15) is 9.90 Å².